The molecule has 0 saturated carbocycles. The van der Waals surface area contributed by atoms with Gasteiger partial charge in [-0.15, -0.1) is 0 Å². The van der Waals surface area contributed by atoms with Crippen LogP contribution in [0.15, 0.2) is 0 Å². The van der Waals surface area contributed by atoms with E-state index in [1.165, 1.54) is 7.11 Å². The molecule has 1 unspecified atom stereocenters. The molecule has 6 heteroatoms. The SMILES string of the molecule is CCCOC(=O)N(CC=O)C(CC)C(=O)OC. The minimum atomic E-state index is -0.783. The van der Waals surface area contributed by atoms with Gasteiger partial charge in [0.05, 0.1) is 20.3 Å². The zero-order valence-electron chi connectivity index (χ0n) is 10.5. The van der Waals surface area contributed by atoms with Gasteiger partial charge in [-0.3, -0.25) is 4.90 Å². The highest BCUT2D eigenvalue weighted by Crippen LogP contribution is 2.08. The summed E-state index contributed by atoms with van der Waals surface area (Å²) in [5.41, 5.74) is 0. The minimum Gasteiger partial charge on any atom is -0.467 e. The number of rotatable bonds is 7. The first kappa shape index (κ1) is 15.4. The maximum Gasteiger partial charge on any atom is 0.410 e. The molecule has 0 radical (unpaired) electrons. The second-order valence-corrected chi connectivity index (χ2v) is 3.38. The largest absolute Gasteiger partial charge is 0.467 e. The molecule has 0 fully saturated rings. The average Bonchev–Trinajstić information content (AvgIpc) is 2.35. The second kappa shape index (κ2) is 8.55. The normalized spacial score (nSPS) is 11.5. The van der Waals surface area contributed by atoms with Crippen LogP contribution in [-0.2, 0) is 19.1 Å². The topological polar surface area (TPSA) is 72.9 Å². The maximum atomic E-state index is 11.6. The fourth-order valence-electron chi connectivity index (χ4n) is 1.33. The number of esters is 1. The molecule has 0 aromatic rings. The number of methoxy groups -OCH3 is 1. The molecule has 0 aliphatic carbocycles. The van der Waals surface area contributed by atoms with Crippen molar-refractivity contribution in [3.8, 4) is 0 Å². The van der Waals surface area contributed by atoms with E-state index in [-0.39, 0.29) is 13.2 Å². The lowest BCUT2D eigenvalue weighted by Crippen LogP contribution is -2.46. The van der Waals surface area contributed by atoms with Crippen LogP contribution < -0.4 is 0 Å². The molecule has 17 heavy (non-hydrogen) atoms. The van der Waals surface area contributed by atoms with E-state index in [1.54, 1.807) is 6.92 Å². The number of carbonyl (C=O) groups is 3. The molecule has 0 N–H and O–H groups in total. The van der Waals surface area contributed by atoms with Gasteiger partial charge in [-0.25, -0.2) is 9.59 Å². The Labute approximate surface area is 101 Å². The van der Waals surface area contributed by atoms with Crippen LogP contribution in [0.1, 0.15) is 26.7 Å². The summed E-state index contributed by atoms with van der Waals surface area (Å²) >= 11 is 0. The van der Waals surface area contributed by atoms with Crippen molar-refractivity contribution in [2.75, 3.05) is 20.3 Å². The van der Waals surface area contributed by atoms with Crippen molar-refractivity contribution in [3.63, 3.8) is 0 Å². The highest BCUT2D eigenvalue weighted by molar-refractivity contribution is 5.82. The number of aldehydes is 1. The Bertz CT molecular complexity index is 267. The van der Waals surface area contributed by atoms with Gasteiger partial charge >= 0.3 is 12.1 Å². The van der Waals surface area contributed by atoms with E-state index >= 15 is 0 Å². The van der Waals surface area contributed by atoms with Gasteiger partial charge in [-0.1, -0.05) is 13.8 Å². The third kappa shape index (κ3) is 4.84. The summed E-state index contributed by atoms with van der Waals surface area (Å²) in [5.74, 6) is -0.553. The Balaban J connectivity index is 4.72. The van der Waals surface area contributed by atoms with Gasteiger partial charge in [0, 0.05) is 0 Å². The maximum absolute atomic E-state index is 11.6. The summed E-state index contributed by atoms with van der Waals surface area (Å²) < 4.78 is 9.48. The number of nitrogens with zero attached hydrogens (tertiary/aromatic N) is 1. The lowest BCUT2D eigenvalue weighted by molar-refractivity contribution is -0.146. The number of carbonyl (C=O) groups excluding carboxylic acids is 3. The van der Waals surface area contributed by atoms with Gasteiger partial charge in [0.2, 0.25) is 0 Å². The van der Waals surface area contributed by atoms with E-state index in [0.717, 1.165) is 4.90 Å². The lowest BCUT2D eigenvalue weighted by Gasteiger charge is -2.26. The van der Waals surface area contributed by atoms with E-state index in [9.17, 15) is 14.4 Å². The van der Waals surface area contributed by atoms with E-state index in [2.05, 4.69) is 4.74 Å². The number of amides is 1. The van der Waals surface area contributed by atoms with E-state index < -0.39 is 18.1 Å². The van der Waals surface area contributed by atoms with E-state index in [1.807, 2.05) is 6.92 Å². The Morgan fingerprint density at radius 1 is 1.35 bits per heavy atom. The number of ether oxygens (including phenoxy) is 2. The Morgan fingerprint density at radius 3 is 2.41 bits per heavy atom. The van der Waals surface area contributed by atoms with Crippen molar-refractivity contribution in [3.05, 3.63) is 0 Å². The molecule has 6 nitrogen and oxygen atoms in total. The van der Waals surface area contributed by atoms with E-state index in [4.69, 9.17) is 4.74 Å². The zero-order chi connectivity index (χ0) is 13.3. The molecular formula is C11H19NO5. The fourth-order valence-corrected chi connectivity index (χ4v) is 1.33. The molecule has 0 aliphatic rings. The number of hydrogen-bond acceptors (Lipinski definition) is 5. The van der Waals surface area contributed by atoms with Crippen molar-refractivity contribution < 1.29 is 23.9 Å². The molecule has 0 rings (SSSR count). The molecule has 0 heterocycles. The van der Waals surface area contributed by atoms with Crippen molar-refractivity contribution in [1.29, 1.82) is 0 Å². The predicted molar refractivity (Wildman–Crippen MR) is 60.5 cm³/mol. The first-order chi connectivity index (χ1) is 8.12. The Morgan fingerprint density at radius 2 is 2.00 bits per heavy atom. The average molecular weight is 245 g/mol. The summed E-state index contributed by atoms with van der Waals surface area (Å²) in [7, 11) is 1.24. The van der Waals surface area contributed by atoms with Crippen molar-refractivity contribution in [2.45, 2.75) is 32.7 Å². The molecular weight excluding hydrogens is 226 g/mol. The highest BCUT2D eigenvalue weighted by atomic mass is 16.6. The number of hydrogen-bond donors (Lipinski definition) is 0. The zero-order valence-corrected chi connectivity index (χ0v) is 10.5. The highest BCUT2D eigenvalue weighted by Gasteiger charge is 2.29. The van der Waals surface area contributed by atoms with Crippen LogP contribution >= 0.6 is 0 Å². The Hall–Kier alpha value is -1.59. The first-order valence-electron chi connectivity index (χ1n) is 5.57. The third-order valence-electron chi connectivity index (χ3n) is 2.17. The summed E-state index contributed by atoms with van der Waals surface area (Å²) in [6, 6.07) is -0.783. The minimum absolute atomic E-state index is 0.184. The quantitative estimate of drug-likeness (QED) is 0.494. The van der Waals surface area contributed by atoms with Crippen LogP contribution in [0.3, 0.4) is 0 Å². The summed E-state index contributed by atoms with van der Waals surface area (Å²) in [6.45, 7) is 3.66. The van der Waals surface area contributed by atoms with Crippen molar-refractivity contribution in [1.82, 2.24) is 4.90 Å². The van der Waals surface area contributed by atoms with Gasteiger partial charge in [0.1, 0.15) is 12.3 Å². The van der Waals surface area contributed by atoms with Gasteiger partial charge in [0.25, 0.3) is 0 Å². The van der Waals surface area contributed by atoms with Gasteiger partial charge in [-0.2, -0.15) is 0 Å². The van der Waals surface area contributed by atoms with Crippen molar-refractivity contribution >= 4 is 18.3 Å². The van der Waals surface area contributed by atoms with Crippen molar-refractivity contribution in [2.24, 2.45) is 0 Å². The standard InChI is InChI=1S/C11H19NO5/c1-4-8-17-11(15)12(6-7-13)9(5-2)10(14)16-3/h7,9H,4-6,8H2,1-3H3. The third-order valence-corrected chi connectivity index (χ3v) is 2.17. The Kier molecular flexibility index (Phi) is 7.75. The molecule has 0 aromatic heterocycles. The summed E-state index contributed by atoms with van der Waals surface area (Å²) in [5, 5.41) is 0. The molecule has 0 saturated heterocycles. The second-order valence-electron chi connectivity index (χ2n) is 3.38. The van der Waals surface area contributed by atoms with Crippen LogP contribution in [0.2, 0.25) is 0 Å². The molecule has 98 valence electrons. The fraction of sp³-hybridized carbons (Fsp3) is 0.727. The summed E-state index contributed by atoms with van der Waals surface area (Å²) in [4.78, 5) is 34.7. The van der Waals surface area contributed by atoms with Gasteiger partial charge < -0.3 is 14.3 Å². The van der Waals surface area contributed by atoms with Crippen LogP contribution in [0.4, 0.5) is 4.79 Å². The smallest absolute Gasteiger partial charge is 0.410 e. The molecule has 1 amide bonds. The first-order valence-corrected chi connectivity index (χ1v) is 5.57. The van der Waals surface area contributed by atoms with Crippen LogP contribution in [-0.4, -0.2) is 49.6 Å². The van der Waals surface area contributed by atoms with Crippen LogP contribution in [0.5, 0.6) is 0 Å². The van der Waals surface area contributed by atoms with Gasteiger partial charge in [-0.05, 0) is 12.8 Å². The molecule has 0 spiro atoms. The summed E-state index contributed by atoms with van der Waals surface area (Å²) in [6.07, 6.45) is 0.923. The molecule has 1 atom stereocenters. The van der Waals surface area contributed by atoms with E-state index in [0.29, 0.717) is 19.1 Å². The van der Waals surface area contributed by atoms with Crippen LogP contribution in [0.25, 0.3) is 0 Å². The molecule has 0 aromatic carbocycles. The van der Waals surface area contributed by atoms with Crippen LogP contribution in [0, 0.1) is 0 Å². The molecule has 0 aliphatic heterocycles. The monoisotopic (exact) mass is 245 g/mol. The predicted octanol–water partition coefficient (Wildman–Crippen LogP) is 0.985. The van der Waals surface area contributed by atoms with Gasteiger partial charge in [0.15, 0.2) is 0 Å². The molecule has 0 bridgehead atoms. The lowest BCUT2D eigenvalue weighted by atomic mass is 10.2.